The summed E-state index contributed by atoms with van der Waals surface area (Å²) in [6, 6.07) is 13.6. The number of ketones is 1. The van der Waals surface area contributed by atoms with Gasteiger partial charge in [-0.2, -0.15) is 0 Å². The van der Waals surface area contributed by atoms with E-state index in [9.17, 15) is 14.4 Å². The average molecular weight is 447 g/mol. The summed E-state index contributed by atoms with van der Waals surface area (Å²) >= 11 is 11.9. The van der Waals surface area contributed by atoms with Gasteiger partial charge in [0.05, 0.1) is 10.0 Å². The number of hydrogen-bond acceptors (Lipinski definition) is 3. The first kappa shape index (κ1) is 22.3. The van der Waals surface area contributed by atoms with Crippen molar-refractivity contribution in [3.8, 4) is 0 Å². The van der Waals surface area contributed by atoms with Gasteiger partial charge in [-0.25, -0.2) is 0 Å². The highest BCUT2D eigenvalue weighted by Gasteiger charge is 2.28. The van der Waals surface area contributed by atoms with Gasteiger partial charge >= 0.3 is 0 Å². The normalized spacial score (nSPS) is 15.5. The van der Waals surface area contributed by atoms with E-state index in [1.165, 1.54) is 0 Å². The van der Waals surface area contributed by atoms with Crippen LogP contribution in [-0.4, -0.2) is 41.6 Å². The summed E-state index contributed by atoms with van der Waals surface area (Å²) in [4.78, 5) is 39.3. The number of nitrogens with zero attached hydrogens (tertiary/aromatic N) is 1. The molecule has 2 amide bonds. The Hall–Kier alpha value is -2.37. The van der Waals surface area contributed by atoms with Gasteiger partial charge in [-0.05, 0) is 50.1 Å². The zero-order valence-corrected chi connectivity index (χ0v) is 18.2. The number of amides is 2. The molecule has 1 unspecified atom stereocenters. The average Bonchev–Trinajstić information content (AvgIpc) is 2.75. The molecule has 0 saturated carbocycles. The van der Waals surface area contributed by atoms with Gasteiger partial charge in [0.25, 0.3) is 5.91 Å². The van der Waals surface area contributed by atoms with Gasteiger partial charge in [0.2, 0.25) is 5.91 Å². The SMILES string of the molecule is CC(CC(=O)N1CCC(C(=O)c2ccc(Cl)c(Cl)c2)CC1)NC(=O)c1ccccc1. The van der Waals surface area contributed by atoms with Crippen LogP contribution < -0.4 is 5.32 Å². The van der Waals surface area contributed by atoms with E-state index in [0.717, 1.165) is 0 Å². The minimum absolute atomic E-state index is 0.0173. The molecule has 1 fully saturated rings. The van der Waals surface area contributed by atoms with Gasteiger partial charge in [-0.3, -0.25) is 14.4 Å². The highest BCUT2D eigenvalue weighted by atomic mass is 35.5. The summed E-state index contributed by atoms with van der Waals surface area (Å²) < 4.78 is 0. The van der Waals surface area contributed by atoms with Crippen LogP contribution in [0.3, 0.4) is 0 Å². The van der Waals surface area contributed by atoms with Gasteiger partial charge < -0.3 is 10.2 Å². The molecule has 0 bridgehead atoms. The maximum absolute atomic E-state index is 12.7. The second-order valence-corrected chi connectivity index (χ2v) is 8.41. The van der Waals surface area contributed by atoms with E-state index in [2.05, 4.69) is 5.32 Å². The molecular weight excluding hydrogens is 423 g/mol. The highest BCUT2D eigenvalue weighted by molar-refractivity contribution is 6.42. The maximum Gasteiger partial charge on any atom is 0.251 e. The standard InChI is InChI=1S/C23H24Cl2N2O3/c1-15(26-23(30)17-5-3-2-4-6-17)13-21(28)27-11-9-16(10-12-27)22(29)18-7-8-19(24)20(25)14-18/h2-8,14-16H,9-13H2,1H3,(H,26,30). The van der Waals surface area contributed by atoms with Crippen LogP contribution in [0.25, 0.3) is 0 Å². The highest BCUT2D eigenvalue weighted by Crippen LogP contribution is 2.27. The molecule has 1 aliphatic rings. The Kier molecular flexibility index (Phi) is 7.51. The van der Waals surface area contributed by atoms with Crippen molar-refractivity contribution >= 4 is 40.8 Å². The lowest BCUT2D eigenvalue weighted by molar-refractivity contribution is -0.132. The summed E-state index contributed by atoms with van der Waals surface area (Å²) in [5, 5.41) is 3.64. The predicted octanol–water partition coefficient (Wildman–Crippen LogP) is 4.62. The quantitative estimate of drug-likeness (QED) is 0.657. The summed E-state index contributed by atoms with van der Waals surface area (Å²) in [5.74, 6) is -0.316. The topological polar surface area (TPSA) is 66.5 Å². The van der Waals surface area contributed by atoms with Gasteiger partial charge in [-0.15, -0.1) is 0 Å². The number of piperidine rings is 1. The van der Waals surface area contributed by atoms with Crippen LogP contribution in [0.2, 0.25) is 10.0 Å². The van der Waals surface area contributed by atoms with Crippen LogP contribution in [-0.2, 0) is 4.79 Å². The first-order valence-electron chi connectivity index (χ1n) is 9.98. The minimum atomic E-state index is -0.277. The number of halogens is 2. The van der Waals surface area contributed by atoms with E-state index in [1.807, 2.05) is 13.0 Å². The number of hydrogen-bond donors (Lipinski definition) is 1. The number of likely N-dealkylation sites (tertiary alicyclic amines) is 1. The predicted molar refractivity (Wildman–Crippen MR) is 118 cm³/mol. The van der Waals surface area contributed by atoms with Crippen molar-refractivity contribution in [2.24, 2.45) is 5.92 Å². The first-order chi connectivity index (χ1) is 14.3. The third kappa shape index (κ3) is 5.61. The Labute approximate surface area is 186 Å². The van der Waals surface area contributed by atoms with Crippen LogP contribution in [0.5, 0.6) is 0 Å². The Bertz CT molecular complexity index is 925. The van der Waals surface area contributed by atoms with Crippen LogP contribution in [0.1, 0.15) is 46.9 Å². The number of benzene rings is 2. The van der Waals surface area contributed by atoms with Crippen LogP contribution in [0.15, 0.2) is 48.5 Å². The van der Waals surface area contributed by atoms with Crippen molar-refractivity contribution in [2.45, 2.75) is 32.2 Å². The van der Waals surface area contributed by atoms with Crippen LogP contribution in [0, 0.1) is 5.92 Å². The van der Waals surface area contributed by atoms with Crippen molar-refractivity contribution in [1.82, 2.24) is 10.2 Å². The number of rotatable bonds is 6. The number of nitrogens with one attached hydrogen (secondary N) is 1. The van der Waals surface area contributed by atoms with Crippen molar-refractivity contribution in [2.75, 3.05) is 13.1 Å². The molecule has 0 radical (unpaired) electrons. The monoisotopic (exact) mass is 446 g/mol. The van der Waals surface area contributed by atoms with Gasteiger partial charge in [0.1, 0.15) is 0 Å². The molecule has 1 heterocycles. The molecule has 1 saturated heterocycles. The summed E-state index contributed by atoms with van der Waals surface area (Å²) in [7, 11) is 0. The summed E-state index contributed by atoms with van der Waals surface area (Å²) in [6.45, 7) is 2.87. The lowest BCUT2D eigenvalue weighted by Gasteiger charge is -2.32. The molecule has 30 heavy (non-hydrogen) atoms. The molecule has 1 atom stereocenters. The lowest BCUT2D eigenvalue weighted by Crippen LogP contribution is -2.43. The van der Waals surface area contributed by atoms with Crippen molar-refractivity contribution < 1.29 is 14.4 Å². The first-order valence-corrected chi connectivity index (χ1v) is 10.7. The fourth-order valence-corrected chi connectivity index (χ4v) is 3.91. The molecule has 7 heteroatoms. The van der Waals surface area contributed by atoms with Gasteiger partial charge in [0.15, 0.2) is 5.78 Å². The molecule has 1 aliphatic heterocycles. The van der Waals surface area contributed by atoms with Gasteiger partial charge in [-0.1, -0.05) is 41.4 Å². The van der Waals surface area contributed by atoms with E-state index in [-0.39, 0.29) is 36.0 Å². The van der Waals surface area contributed by atoms with E-state index in [1.54, 1.807) is 47.4 Å². The smallest absolute Gasteiger partial charge is 0.251 e. The lowest BCUT2D eigenvalue weighted by atomic mass is 9.88. The molecule has 3 rings (SSSR count). The molecule has 0 spiro atoms. The van der Waals surface area contributed by atoms with Gasteiger partial charge in [0, 0.05) is 42.6 Å². The summed E-state index contributed by atoms with van der Waals surface area (Å²) in [5.41, 5.74) is 1.12. The Morgan fingerprint density at radius 1 is 1.00 bits per heavy atom. The zero-order valence-electron chi connectivity index (χ0n) is 16.7. The fourth-order valence-electron chi connectivity index (χ4n) is 3.61. The molecule has 2 aromatic carbocycles. The largest absolute Gasteiger partial charge is 0.349 e. The second kappa shape index (κ2) is 10.1. The number of carbonyl (C=O) groups excluding carboxylic acids is 3. The number of carbonyl (C=O) groups is 3. The van der Waals surface area contributed by atoms with Crippen molar-refractivity contribution in [3.63, 3.8) is 0 Å². The Morgan fingerprint density at radius 3 is 2.30 bits per heavy atom. The molecule has 0 aliphatic carbocycles. The molecular formula is C23H24Cl2N2O3. The Balaban J connectivity index is 1.48. The van der Waals surface area contributed by atoms with Crippen LogP contribution >= 0.6 is 23.2 Å². The zero-order chi connectivity index (χ0) is 21.7. The molecule has 0 aromatic heterocycles. The summed E-state index contributed by atoms with van der Waals surface area (Å²) in [6.07, 6.45) is 1.44. The third-order valence-electron chi connectivity index (χ3n) is 5.32. The van der Waals surface area contributed by atoms with Crippen molar-refractivity contribution in [1.29, 1.82) is 0 Å². The maximum atomic E-state index is 12.7. The third-order valence-corrected chi connectivity index (χ3v) is 6.06. The molecule has 158 valence electrons. The molecule has 5 nitrogen and oxygen atoms in total. The minimum Gasteiger partial charge on any atom is -0.349 e. The van der Waals surface area contributed by atoms with E-state index in [4.69, 9.17) is 23.2 Å². The van der Waals surface area contributed by atoms with E-state index in [0.29, 0.717) is 47.1 Å². The second-order valence-electron chi connectivity index (χ2n) is 7.59. The van der Waals surface area contributed by atoms with Crippen molar-refractivity contribution in [3.05, 3.63) is 69.7 Å². The number of Topliss-reactive ketones (excluding diaryl/α,β-unsaturated/α-hetero) is 1. The molecule has 2 aromatic rings. The van der Waals surface area contributed by atoms with E-state index < -0.39 is 0 Å². The fraction of sp³-hybridized carbons (Fsp3) is 0.348. The van der Waals surface area contributed by atoms with Crippen LogP contribution in [0.4, 0.5) is 0 Å². The molecule has 1 N–H and O–H groups in total. The Morgan fingerprint density at radius 2 is 1.67 bits per heavy atom. The van der Waals surface area contributed by atoms with E-state index >= 15 is 0 Å².